The second-order valence-electron chi connectivity index (χ2n) is 4.12. The highest BCUT2D eigenvalue weighted by Crippen LogP contribution is 2.20. The fourth-order valence-corrected chi connectivity index (χ4v) is 3.27. The Labute approximate surface area is 110 Å². The number of hydrogen-bond acceptors (Lipinski definition) is 3. The van der Waals surface area contributed by atoms with Crippen molar-refractivity contribution in [2.24, 2.45) is 0 Å². The summed E-state index contributed by atoms with van der Waals surface area (Å²) in [5.74, 6) is -1.65. The molecule has 0 atom stereocenters. The molecule has 102 valence electrons. The van der Waals surface area contributed by atoms with Crippen LogP contribution in [0.25, 0.3) is 0 Å². The number of aliphatic carboxylic acids is 1. The number of nitrogens with zero attached hydrogens (tertiary/aromatic N) is 1. The third kappa shape index (κ3) is 2.82. The molecule has 0 bridgehead atoms. The number of sulfonamides is 1. The maximum atomic E-state index is 12.8. The number of halogens is 1. The Morgan fingerprint density at radius 2 is 1.89 bits per heavy atom. The highest BCUT2D eigenvalue weighted by atomic mass is 32.2. The van der Waals surface area contributed by atoms with Crippen molar-refractivity contribution < 1.29 is 22.7 Å². The third-order valence-electron chi connectivity index (χ3n) is 2.84. The van der Waals surface area contributed by atoms with Crippen molar-refractivity contribution in [3.8, 4) is 0 Å². The molecule has 0 aromatic heterocycles. The first-order chi connectivity index (χ1) is 8.91. The number of carbonyl (C=O) groups is 1. The molecular formula is C12H12FNO4S. The fraction of sp³-hybridized carbons (Fsp3) is 0.250. The number of rotatable bonds is 3. The zero-order chi connectivity index (χ0) is 14.0. The predicted octanol–water partition coefficient (Wildman–Crippen LogP) is 1.23. The van der Waals surface area contributed by atoms with E-state index in [0.29, 0.717) is 6.42 Å². The Morgan fingerprint density at radius 3 is 2.47 bits per heavy atom. The molecule has 1 aromatic rings. The van der Waals surface area contributed by atoms with E-state index >= 15 is 0 Å². The molecular weight excluding hydrogens is 273 g/mol. The predicted molar refractivity (Wildman–Crippen MR) is 65.5 cm³/mol. The first kappa shape index (κ1) is 13.7. The third-order valence-corrected chi connectivity index (χ3v) is 4.70. The summed E-state index contributed by atoms with van der Waals surface area (Å²) < 4.78 is 38.4. The molecule has 0 fully saturated rings. The Bertz CT molecular complexity index is 622. The highest BCUT2D eigenvalue weighted by Gasteiger charge is 2.28. The number of carboxylic acids is 1. The van der Waals surface area contributed by atoms with Crippen LogP contribution in [0, 0.1) is 5.82 Å². The summed E-state index contributed by atoms with van der Waals surface area (Å²) in [6.45, 7) is 0.0472. The molecule has 0 aliphatic carbocycles. The van der Waals surface area contributed by atoms with Crippen molar-refractivity contribution in [3.05, 3.63) is 41.7 Å². The van der Waals surface area contributed by atoms with Crippen LogP contribution in [0.3, 0.4) is 0 Å². The minimum absolute atomic E-state index is 0.0412. The summed E-state index contributed by atoms with van der Waals surface area (Å²) in [4.78, 5) is 10.8. The van der Waals surface area contributed by atoms with Crippen molar-refractivity contribution in [1.29, 1.82) is 0 Å². The minimum Gasteiger partial charge on any atom is -0.478 e. The molecule has 0 amide bonds. The average molecular weight is 285 g/mol. The van der Waals surface area contributed by atoms with Crippen LogP contribution in [-0.2, 0) is 14.8 Å². The number of carboxylic acid groups (broad SMARTS) is 1. The topological polar surface area (TPSA) is 74.7 Å². The molecule has 0 saturated carbocycles. The summed E-state index contributed by atoms with van der Waals surface area (Å²) in [7, 11) is -3.78. The van der Waals surface area contributed by atoms with Crippen molar-refractivity contribution >= 4 is 16.0 Å². The summed E-state index contributed by atoms with van der Waals surface area (Å²) in [5.41, 5.74) is 0.0527. The summed E-state index contributed by atoms with van der Waals surface area (Å²) in [5, 5.41) is 8.89. The van der Waals surface area contributed by atoms with Crippen molar-refractivity contribution in [3.63, 3.8) is 0 Å². The molecule has 1 aromatic carbocycles. The van der Waals surface area contributed by atoms with E-state index in [-0.39, 0.29) is 23.6 Å². The van der Waals surface area contributed by atoms with Crippen LogP contribution in [0.5, 0.6) is 0 Å². The highest BCUT2D eigenvalue weighted by molar-refractivity contribution is 7.89. The van der Waals surface area contributed by atoms with Crippen LogP contribution in [-0.4, -0.2) is 36.9 Å². The minimum atomic E-state index is -3.78. The monoisotopic (exact) mass is 285 g/mol. The van der Waals surface area contributed by atoms with E-state index in [1.807, 2.05) is 0 Å². The molecule has 1 N–H and O–H groups in total. The molecule has 0 saturated heterocycles. The van der Waals surface area contributed by atoms with Crippen LogP contribution in [0.15, 0.2) is 40.8 Å². The second kappa shape index (κ2) is 5.10. The van der Waals surface area contributed by atoms with Gasteiger partial charge in [0.2, 0.25) is 10.0 Å². The second-order valence-corrected chi connectivity index (χ2v) is 6.05. The lowest BCUT2D eigenvalue weighted by Gasteiger charge is -2.25. The Balaban J connectivity index is 2.28. The molecule has 0 unspecified atom stereocenters. The quantitative estimate of drug-likeness (QED) is 0.906. The summed E-state index contributed by atoms with van der Waals surface area (Å²) >= 11 is 0. The summed E-state index contributed by atoms with van der Waals surface area (Å²) in [6, 6.07) is 4.46. The van der Waals surface area contributed by atoms with E-state index in [9.17, 15) is 17.6 Å². The molecule has 5 nitrogen and oxygen atoms in total. The van der Waals surface area contributed by atoms with Crippen LogP contribution >= 0.6 is 0 Å². The Morgan fingerprint density at radius 1 is 1.26 bits per heavy atom. The molecule has 1 aliphatic heterocycles. The van der Waals surface area contributed by atoms with Crippen molar-refractivity contribution in [1.82, 2.24) is 4.31 Å². The van der Waals surface area contributed by atoms with Gasteiger partial charge in [0.15, 0.2) is 0 Å². The average Bonchev–Trinajstić information content (AvgIpc) is 2.39. The van der Waals surface area contributed by atoms with Gasteiger partial charge < -0.3 is 5.11 Å². The Kier molecular flexibility index (Phi) is 3.68. The van der Waals surface area contributed by atoms with E-state index in [1.54, 1.807) is 0 Å². The van der Waals surface area contributed by atoms with Crippen molar-refractivity contribution in [2.45, 2.75) is 11.3 Å². The van der Waals surface area contributed by atoms with Crippen LogP contribution in [0.2, 0.25) is 0 Å². The number of benzene rings is 1. The number of hydrogen-bond donors (Lipinski definition) is 1. The van der Waals surface area contributed by atoms with Gasteiger partial charge in [-0.25, -0.2) is 17.6 Å². The molecule has 1 aliphatic rings. The SMILES string of the molecule is O=C(O)C1=CCCN(S(=O)(=O)c2ccc(F)cc2)C1. The molecule has 0 radical (unpaired) electrons. The molecule has 19 heavy (non-hydrogen) atoms. The normalized spacial score (nSPS) is 17.0. The van der Waals surface area contributed by atoms with Crippen LogP contribution in [0.1, 0.15) is 6.42 Å². The zero-order valence-corrected chi connectivity index (χ0v) is 10.7. The van der Waals surface area contributed by atoms with Gasteiger partial charge in [-0.2, -0.15) is 4.31 Å². The Hall–Kier alpha value is -1.73. The van der Waals surface area contributed by atoms with E-state index in [2.05, 4.69) is 0 Å². The van der Waals surface area contributed by atoms with Gasteiger partial charge in [-0.3, -0.25) is 0 Å². The lowest BCUT2D eigenvalue weighted by atomic mass is 10.1. The van der Waals surface area contributed by atoms with Gasteiger partial charge in [0, 0.05) is 18.7 Å². The van der Waals surface area contributed by atoms with Crippen LogP contribution < -0.4 is 0 Å². The van der Waals surface area contributed by atoms with Gasteiger partial charge in [-0.15, -0.1) is 0 Å². The molecule has 7 heteroatoms. The molecule has 2 rings (SSSR count). The summed E-state index contributed by atoms with van der Waals surface area (Å²) in [6.07, 6.45) is 1.86. The molecule has 1 heterocycles. The first-order valence-corrected chi connectivity index (χ1v) is 7.03. The van der Waals surface area contributed by atoms with E-state index in [1.165, 1.54) is 18.2 Å². The zero-order valence-electron chi connectivity index (χ0n) is 9.91. The van der Waals surface area contributed by atoms with Gasteiger partial charge >= 0.3 is 5.97 Å². The maximum absolute atomic E-state index is 12.8. The van der Waals surface area contributed by atoms with Gasteiger partial charge in [0.1, 0.15) is 5.82 Å². The van der Waals surface area contributed by atoms with Gasteiger partial charge in [0.25, 0.3) is 0 Å². The van der Waals surface area contributed by atoms with E-state index in [4.69, 9.17) is 5.11 Å². The van der Waals surface area contributed by atoms with Gasteiger partial charge in [0.05, 0.1) is 4.90 Å². The standard InChI is InChI=1S/C12H12FNO4S/c13-10-3-5-11(6-4-10)19(17,18)14-7-1-2-9(8-14)12(15)16/h2-6H,1,7-8H2,(H,15,16). The fourth-order valence-electron chi connectivity index (χ4n) is 1.83. The lowest BCUT2D eigenvalue weighted by Crippen LogP contribution is -2.37. The van der Waals surface area contributed by atoms with Gasteiger partial charge in [-0.1, -0.05) is 6.08 Å². The molecule has 0 spiro atoms. The van der Waals surface area contributed by atoms with Gasteiger partial charge in [-0.05, 0) is 30.7 Å². The van der Waals surface area contributed by atoms with E-state index < -0.39 is 21.8 Å². The maximum Gasteiger partial charge on any atom is 0.332 e. The van der Waals surface area contributed by atoms with E-state index in [0.717, 1.165) is 16.4 Å². The smallest absolute Gasteiger partial charge is 0.332 e. The first-order valence-electron chi connectivity index (χ1n) is 5.59. The van der Waals surface area contributed by atoms with Crippen molar-refractivity contribution in [2.75, 3.05) is 13.1 Å². The largest absolute Gasteiger partial charge is 0.478 e. The van der Waals surface area contributed by atoms with Crippen LogP contribution in [0.4, 0.5) is 4.39 Å². The lowest BCUT2D eigenvalue weighted by molar-refractivity contribution is -0.132.